The molecule has 0 N–H and O–H groups in total. The summed E-state index contributed by atoms with van der Waals surface area (Å²) in [5.41, 5.74) is 0. The number of nitrogens with zero attached hydrogens (tertiary/aromatic N) is 2. The molecule has 5 heteroatoms. The van der Waals surface area contributed by atoms with Gasteiger partial charge in [0.25, 0.3) is 0 Å². The molecular weight excluding hydrogens is 284 g/mol. The van der Waals surface area contributed by atoms with Crippen LogP contribution in [0, 0.1) is 6.92 Å². The van der Waals surface area contributed by atoms with Crippen LogP contribution in [0.5, 0.6) is 17.4 Å². The third kappa shape index (κ3) is 3.17. The SMILES string of the molecule is COc1ccc(Oc2cc(Br)nc(C)n2)cc1. The fraction of sp³-hybridized carbons (Fsp3) is 0.167. The van der Waals surface area contributed by atoms with Crippen LogP contribution in [-0.4, -0.2) is 17.1 Å². The maximum atomic E-state index is 5.60. The lowest BCUT2D eigenvalue weighted by molar-refractivity contribution is 0.412. The zero-order valence-electron chi connectivity index (χ0n) is 9.48. The molecule has 0 radical (unpaired) electrons. The number of benzene rings is 1. The van der Waals surface area contributed by atoms with Gasteiger partial charge in [0.05, 0.1) is 7.11 Å². The molecule has 88 valence electrons. The van der Waals surface area contributed by atoms with Crippen LogP contribution in [0.15, 0.2) is 34.9 Å². The molecule has 1 heterocycles. The standard InChI is InChI=1S/C12H11BrN2O2/c1-8-14-11(13)7-12(15-8)17-10-5-3-9(16-2)4-6-10/h3-7H,1-2H3. The van der Waals surface area contributed by atoms with E-state index in [-0.39, 0.29) is 0 Å². The van der Waals surface area contributed by atoms with Gasteiger partial charge in [-0.2, -0.15) is 4.98 Å². The minimum atomic E-state index is 0.509. The van der Waals surface area contributed by atoms with Crippen LogP contribution >= 0.6 is 15.9 Å². The van der Waals surface area contributed by atoms with Crippen LogP contribution in [-0.2, 0) is 0 Å². The van der Waals surface area contributed by atoms with Crippen molar-refractivity contribution in [1.82, 2.24) is 9.97 Å². The second-order valence-corrected chi connectivity index (χ2v) is 4.17. The molecule has 1 aromatic heterocycles. The smallest absolute Gasteiger partial charge is 0.223 e. The number of methoxy groups -OCH3 is 1. The molecule has 1 aromatic carbocycles. The Bertz CT molecular complexity index is 494. The Hall–Kier alpha value is -1.62. The summed E-state index contributed by atoms with van der Waals surface area (Å²) < 4.78 is 11.4. The second kappa shape index (κ2) is 5.14. The number of aromatic nitrogens is 2. The molecule has 0 bridgehead atoms. The molecule has 0 fully saturated rings. The fourth-order valence-electron chi connectivity index (χ4n) is 1.32. The summed E-state index contributed by atoms with van der Waals surface area (Å²) in [6.45, 7) is 1.81. The second-order valence-electron chi connectivity index (χ2n) is 3.35. The van der Waals surface area contributed by atoms with Gasteiger partial charge < -0.3 is 9.47 Å². The molecule has 0 aliphatic carbocycles. The van der Waals surface area contributed by atoms with Gasteiger partial charge in [-0.05, 0) is 47.1 Å². The number of aryl methyl sites for hydroxylation is 1. The monoisotopic (exact) mass is 294 g/mol. The number of hydrogen-bond donors (Lipinski definition) is 0. The molecule has 0 aliphatic rings. The van der Waals surface area contributed by atoms with Crippen molar-refractivity contribution >= 4 is 15.9 Å². The maximum Gasteiger partial charge on any atom is 0.223 e. The van der Waals surface area contributed by atoms with Gasteiger partial charge in [-0.25, -0.2) is 4.98 Å². The fourth-order valence-corrected chi connectivity index (χ4v) is 1.77. The quantitative estimate of drug-likeness (QED) is 0.815. The van der Waals surface area contributed by atoms with Gasteiger partial charge in [0.2, 0.25) is 5.88 Å². The highest BCUT2D eigenvalue weighted by atomic mass is 79.9. The van der Waals surface area contributed by atoms with E-state index in [1.165, 1.54) is 0 Å². The molecule has 0 saturated carbocycles. The van der Waals surface area contributed by atoms with E-state index in [1.54, 1.807) is 13.2 Å². The Morgan fingerprint density at radius 2 is 1.71 bits per heavy atom. The van der Waals surface area contributed by atoms with Gasteiger partial charge in [0.15, 0.2) is 0 Å². The highest BCUT2D eigenvalue weighted by Crippen LogP contribution is 2.23. The predicted octanol–water partition coefficient (Wildman–Crippen LogP) is 3.35. The molecule has 17 heavy (non-hydrogen) atoms. The lowest BCUT2D eigenvalue weighted by atomic mass is 10.3. The molecule has 0 amide bonds. The molecule has 0 aliphatic heterocycles. The molecular formula is C12H11BrN2O2. The average Bonchev–Trinajstić information content (AvgIpc) is 2.28. The third-order valence-electron chi connectivity index (χ3n) is 2.07. The summed E-state index contributed by atoms with van der Waals surface area (Å²) >= 11 is 3.30. The Morgan fingerprint density at radius 3 is 2.29 bits per heavy atom. The van der Waals surface area contributed by atoms with Crippen molar-refractivity contribution in [1.29, 1.82) is 0 Å². The number of rotatable bonds is 3. The minimum Gasteiger partial charge on any atom is -0.497 e. The molecule has 2 aromatic rings. The average molecular weight is 295 g/mol. The van der Waals surface area contributed by atoms with Gasteiger partial charge in [-0.15, -0.1) is 0 Å². The van der Waals surface area contributed by atoms with E-state index in [1.807, 2.05) is 31.2 Å². The van der Waals surface area contributed by atoms with Crippen molar-refractivity contribution in [2.45, 2.75) is 6.92 Å². The van der Waals surface area contributed by atoms with Crippen LogP contribution < -0.4 is 9.47 Å². The highest BCUT2D eigenvalue weighted by Gasteiger charge is 2.02. The first-order valence-corrected chi connectivity index (χ1v) is 5.80. The van der Waals surface area contributed by atoms with Crippen LogP contribution in [0.3, 0.4) is 0 Å². The van der Waals surface area contributed by atoms with Crippen molar-refractivity contribution in [3.05, 3.63) is 40.8 Å². The van der Waals surface area contributed by atoms with Crippen molar-refractivity contribution in [2.24, 2.45) is 0 Å². The van der Waals surface area contributed by atoms with E-state index in [0.717, 1.165) is 5.75 Å². The van der Waals surface area contributed by atoms with Crippen molar-refractivity contribution < 1.29 is 9.47 Å². The van der Waals surface area contributed by atoms with E-state index in [4.69, 9.17) is 9.47 Å². The molecule has 0 unspecified atom stereocenters. The van der Waals surface area contributed by atoms with Gasteiger partial charge in [0, 0.05) is 6.07 Å². The summed E-state index contributed by atoms with van der Waals surface area (Å²) in [4.78, 5) is 8.29. The zero-order chi connectivity index (χ0) is 12.3. The van der Waals surface area contributed by atoms with Crippen LogP contribution in [0.1, 0.15) is 5.82 Å². The normalized spacial score (nSPS) is 10.1. The molecule has 0 saturated heterocycles. The van der Waals surface area contributed by atoms with E-state index < -0.39 is 0 Å². The van der Waals surface area contributed by atoms with Crippen LogP contribution in [0.4, 0.5) is 0 Å². The predicted molar refractivity (Wildman–Crippen MR) is 67.5 cm³/mol. The Balaban J connectivity index is 2.19. The Morgan fingerprint density at radius 1 is 1.06 bits per heavy atom. The molecule has 0 spiro atoms. The lowest BCUT2D eigenvalue weighted by Crippen LogP contribution is -1.93. The van der Waals surface area contributed by atoms with Gasteiger partial charge in [0.1, 0.15) is 21.9 Å². The first-order chi connectivity index (χ1) is 8.17. The summed E-state index contributed by atoms with van der Waals surface area (Å²) in [6, 6.07) is 9.03. The summed E-state index contributed by atoms with van der Waals surface area (Å²) in [5, 5.41) is 0. The first kappa shape index (κ1) is 11.9. The summed E-state index contributed by atoms with van der Waals surface area (Å²) in [6.07, 6.45) is 0. The first-order valence-electron chi connectivity index (χ1n) is 5.00. The van der Waals surface area contributed by atoms with E-state index in [0.29, 0.717) is 22.1 Å². The van der Waals surface area contributed by atoms with E-state index in [2.05, 4.69) is 25.9 Å². The number of ether oxygens (including phenoxy) is 2. The molecule has 4 nitrogen and oxygen atoms in total. The summed E-state index contributed by atoms with van der Waals surface area (Å²) in [7, 11) is 1.63. The van der Waals surface area contributed by atoms with Crippen molar-refractivity contribution in [3.8, 4) is 17.4 Å². The molecule has 2 rings (SSSR count). The van der Waals surface area contributed by atoms with Crippen molar-refractivity contribution in [2.75, 3.05) is 7.11 Å². The zero-order valence-corrected chi connectivity index (χ0v) is 11.1. The maximum absolute atomic E-state index is 5.60. The Labute approximate surface area is 108 Å². The van der Waals surface area contributed by atoms with E-state index >= 15 is 0 Å². The third-order valence-corrected chi connectivity index (χ3v) is 2.47. The highest BCUT2D eigenvalue weighted by molar-refractivity contribution is 9.10. The summed E-state index contributed by atoms with van der Waals surface area (Å²) in [5.74, 6) is 2.66. The Kier molecular flexibility index (Phi) is 3.58. The largest absolute Gasteiger partial charge is 0.497 e. The van der Waals surface area contributed by atoms with Crippen LogP contribution in [0.25, 0.3) is 0 Å². The topological polar surface area (TPSA) is 44.2 Å². The van der Waals surface area contributed by atoms with Crippen molar-refractivity contribution in [3.63, 3.8) is 0 Å². The van der Waals surface area contributed by atoms with E-state index in [9.17, 15) is 0 Å². The van der Waals surface area contributed by atoms with Gasteiger partial charge in [-0.3, -0.25) is 0 Å². The number of hydrogen-bond acceptors (Lipinski definition) is 4. The number of halogens is 1. The minimum absolute atomic E-state index is 0.509. The van der Waals surface area contributed by atoms with Crippen LogP contribution in [0.2, 0.25) is 0 Å². The lowest BCUT2D eigenvalue weighted by Gasteiger charge is -2.06. The van der Waals surface area contributed by atoms with Gasteiger partial charge in [-0.1, -0.05) is 0 Å². The molecule has 0 atom stereocenters. The van der Waals surface area contributed by atoms with Gasteiger partial charge >= 0.3 is 0 Å².